The molecule has 0 aliphatic carbocycles. The zero-order valence-corrected chi connectivity index (χ0v) is 14.6. The summed E-state index contributed by atoms with van der Waals surface area (Å²) in [6.45, 7) is 4.23. The van der Waals surface area contributed by atoms with E-state index in [0.29, 0.717) is 13.1 Å². The number of hydrogen-bond donors (Lipinski definition) is 1. The summed E-state index contributed by atoms with van der Waals surface area (Å²) in [7, 11) is -3.57. The van der Waals surface area contributed by atoms with Crippen LogP contribution in [0.4, 0.5) is 0 Å². The minimum atomic E-state index is -3.57. The standard InChI is InChI=1S/C17H21N3O3S/c1-14-3-5-17(6-4-14)24(22,23)19-11-12-20(15(2)21)13-16-7-9-18-10-8-16/h3-10,19H,11-13H2,1-2H3. The number of amides is 1. The van der Waals surface area contributed by atoms with E-state index in [-0.39, 0.29) is 17.3 Å². The Labute approximate surface area is 142 Å². The maximum Gasteiger partial charge on any atom is 0.240 e. The number of pyridine rings is 1. The van der Waals surface area contributed by atoms with E-state index in [1.165, 1.54) is 6.92 Å². The van der Waals surface area contributed by atoms with Gasteiger partial charge in [0.25, 0.3) is 0 Å². The molecule has 0 saturated carbocycles. The van der Waals surface area contributed by atoms with Gasteiger partial charge in [0.15, 0.2) is 0 Å². The summed E-state index contributed by atoms with van der Waals surface area (Å²) in [6, 6.07) is 10.3. The average molecular weight is 347 g/mol. The first-order valence-electron chi connectivity index (χ1n) is 7.59. The molecule has 128 valence electrons. The van der Waals surface area contributed by atoms with Crippen LogP contribution in [0, 0.1) is 6.92 Å². The van der Waals surface area contributed by atoms with E-state index in [4.69, 9.17) is 0 Å². The van der Waals surface area contributed by atoms with Crippen molar-refractivity contribution in [2.75, 3.05) is 13.1 Å². The van der Waals surface area contributed by atoms with E-state index >= 15 is 0 Å². The Morgan fingerprint density at radius 1 is 1.12 bits per heavy atom. The van der Waals surface area contributed by atoms with Crippen molar-refractivity contribution in [3.8, 4) is 0 Å². The van der Waals surface area contributed by atoms with Crippen molar-refractivity contribution >= 4 is 15.9 Å². The molecule has 1 heterocycles. The van der Waals surface area contributed by atoms with Crippen LogP contribution in [0.2, 0.25) is 0 Å². The number of nitrogens with one attached hydrogen (secondary N) is 1. The van der Waals surface area contributed by atoms with Crippen LogP contribution in [-0.2, 0) is 21.4 Å². The second-order valence-electron chi connectivity index (χ2n) is 5.51. The van der Waals surface area contributed by atoms with Gasteiger partial charge in [0, 0.05) is 39.0 Å². The molecule has 0 atom stereocenters. The molecular formula is C17H21N3O3S. The molecule has 6 nitrogen and oxygen atoms in total. The number of carbonyl (C=O) groups is 1. The van der Waals surface area contributed by atoms with Gasteiger partial charge in [0.05, 0.1) is 4.90 Å². The third kappa shape index (κ3) is 5.14. The number of hydrogen-bond acceptors (Lipinski definition) is 4. The Bertz CT molecular complexity index is 774. The molecule has 0 saturated heterocycles. The van der Waals surface area contributed by atoms with E-state index < -0.39 is 10.0 Å². The van der Waals surface area contributed by atoms with Crippen LogP contribution in [0.15, 0.2) is 53.7 Å². The number of carbonyl (C=O) groups excluding carboxylic acids is 1. The zero-order chi connectivity index (χ0) is 17.6. The number of sulfonamides is 1. The van der Waals surface area contributed by atoms with Crippen LogP contribution in [0.25, 0.3) is 0 Å². The largest absolute Gasteiger partial charge is 0.337 e. The first-order chi connectivity index (χ1) is 11.4. The number of aryl methyl sites for hydroxylation is 1. The van der Waals surface area contributed by atoms with Crippen molar-refractivity contribution in [3.63, 3.8) is 0 Å². The van der Waals surface area contributed by atoms with Crippen molar-refractivity contribution in [2.24, 2.45) is 0 Å². The summed E-state index contributed by atoms with van der Waals surface area (Å²) >= 11 is 0. The van der Waals surface area contributed by atoms with Crippen LogP contribution in [0.3, 0.4) is 0 Å². The fourth-order valence-electron chi connectivity index (χ4n) is 2.17. The molecule has 1 N–H and O–H groups in total. The maximum atomic E-state index is 12.2. The SMILES string of the molecule is CC(=O)N(CCNS(=O)(=O)c1ccc(C)cc1)Cc1ccncc1. The van der Waals surface area contributed by atoms with Gasteiger partial charge in [0.2, 0.25) is 15.9 Å². The Morgan fingerprint density at radius 2 is 1.75 bits per heavy atom. The normalized spacial score (nSPS) is 11.2. The minimum Gasteiger partial charge on any atom is -0.337 e. The number of aromatic nitrogens is 1. The molecule has 0 spiro atoms. The third-order valence-corrected chi connectivity index (χ3v) is 5.05. The lowest BCUT2D eigenvalue weighted by Crippen LogP contribution is -2.37. The van der Waals surface area contributed by atoms with Crippen molar-refractivity contribution in [3.05, 3.63) is 59.9 Å². The lowest BCUT2D eigenvalue weighted by molar-refractivity contribution is -0.129. The van der Waals surface area contributed by atoms with Gasteiger partial charge in [-0.2, -0.15) is 0 Å². The monoisotopic (exact) mass is 347 g/mol. The van der Waals surface area contributed by atoms with Gasteiger partial charge in [0.1, 0.15) is 0 Å². The van der Waals surface area contributed by atoms with Gasteiger partial charge in [-0.05, 0) is 36.8 Å². The molecule has 2 rings (SSSR count). The number of nitrogens with zero attached hydrogens (tertiary/aromatic N) is 2. The van der Waals surface area contributed by atoms with Gasteiger partial charge in [-0.1, -0.05) is 17.7 Å². The molecule has 7 heteroatoms. The molecule has 1 aromatic heterocycles. The highest BCUT2D eigenvalue weighted by Gasteiger charge is 2.15. The van der Waals surface area contributed by atoms with Gasteiger partial charge in [-0.15, -0.1) is 0 Å². The highest BCUT2D eigenvalue weighted by Crippen LogP contribution is 2.10. The Hall–Kier alpha value is -2.25. The van der Waals surface area contributed by atoms with E-state index in [2.05, 4.69) is 9.71 Å². The first kappa shape index (κ1) is 18.1. The highest BCUT2D eigenvalue weighted by atomic mass is 32.2. The van der Waals surface area contributed by atoms with Crippen LogP contribution in [0.5, 0.6) is 0 Å². The summed E-state index contributed by atoms with van der Waals surface area (Å²) < 4.78 is 27.0. The first-order valence-corrected chi connectivity index (χ1v) is 9.07. The van der Waals surface area contributed by atoms with Crippen molar-refractivity contribution < 1.29 is 13.2 Å². The average Bonchev–Trinajstić information content (AvgIpc) is 2.55. The van der Waals surface area contributed by atoms with E-state index in [0.717, 1.165) is 11.1 Å². The number of rotatable bonds is 7. The Kier molecular flexibility index (Phi) is 6.05. The van der Waals surface area contributed by atoms with Gasteiger partial charge in [-0.25, -0.2) is 13.1 Å². The highest BCUT2D eigenvalue weighted by molar-refractivity contribution is 7.89. The van der Waals surface area contributed by atoms with Crippen LogP contribution in [-0.4, -0.2) is 37.3 Å². The molecule has 1 aromatic carbocycles. The summed E-state index contributed by atoms with van der Waals surface area (Å²) in [5.74, 6) is -0.110. The maximum absolute atomic E-state index is 12.2. The van der Waals surface area contributed by atoms with Crippen molar-refractivity contribution in [1.29, 1.82) is 0 Å². The summed E-state index contributed by atoms with van der Waals surface area (Å²) in [6.07, 6.45) is 3.32. The van der Waals surface area contributed by atoms with Crippen molar-refractivity contribution in [1.82, 2.24) is 14.6 Å². The smallest absolute Gasteiger partial charge is 0.240 e. The molecule has 1 amide bonds. The van der Waals surface area contributed by atoms with Crippen LogP contribution in [0.1, 0.15) is 18.1 Å². The second-order valence-corrected chi connectivity index (χ2v) is 7.27. The quantitative estimate of drug-likeness (QED) is 0.827. The Morgan fingerprint density at radius 3 is 2.33 bits per heavy atom. The fraction of sp³-hybridized carbons (Fsp3) is 0.294. The molecule has 0 bridgehead atoms. The zero-order valence-electron chi connectivity index (χ0n) is 13.8. The molecule has 0 fully saturated rings. The summed E-state index contributed by atoms with van der Waals surface area (Å²) in [4.78, 5) is 17.5. The predicted molar refractivity (Wildman–Crippen MR) is 91.7 cm³/mol. The van der Waals surface area contributed by atoms with Crippen LogP contribution >= 0.6 is 0 Å². The minimum absolute atomic E-state index is 0.110. The molecule has 0 aliphatic heterocycles. The molecule has 0 unspecified atom stereocenters. The molecule has 0 aliphatic rings. The van der Waals surface area contributed by atoms with Crippen molar-refractivity contribution in [2.45, 2.75) is 25.3 Å². The van der Waals surface area contributed by atoms with E-state index in [9.17, 15) is 13.2 Å². The van der Waals surface area contributed by atoms with E-state index in [1.807, 2.05) is 19.1 Å². The molecule has 24 heavy (non-hydrogen) atoms. The number of benzene rings is 1. The van der Waals surface area contributed by atoms with Gasteiger partial charge >= 0.3 is 0 Å². The molecular weight excluding hydrogens is 326 g/mol. The summed E-state index contributed by atoms with van der Waals surface area (Å²) in [5.41, 5.74) is 1.94. The lowest BCUT2D eigenvalue weighted by Gasteiger charge is -2.21. The molecule has 2 aromatic rings. The van der Waals surface area contributed by atoms with Gasteiger partial charge < -0.3 is 4.90 Å². The molecule has 0 radical (unpaired) electrons. The summed E-state index contributed by atoms with van der Waals surface area (Å²) in [5, 5.41) is 0. The second kappa shape index (κ2) is 8.03. The third-order valence-electron chi connectivity index (χ3n) is 3.57. The predicted octanol–water partition coefficient (Wildman–Crippen LogP) is 1.72. The van der Waals surface area contributed by atoms with Gasteiger partial charge in [-0.3, -0.25) is 9.78 Å². The van der Waals surface area contributed by atoms with Crippen LogP contribution < -0.4 is 4.72 Å². The lowest BCUT2D eigenvalue weighted by atomic mass is 10.2. The topological polar surface area (TPSA) is 79.4 Å². The fourth-order valence-corrected chi connectivity index (χ4v) is 3.19. The Balaban J connectivity index is 1.95. The van der Waals surface area contributed by atoms with E-state index in [1.54, 1.807) is 41.6 Å².